The van der Waals surface area contributed by atoms with Crippen LogP contribution in [0.4, 0.5) is 0 Å². The molecule has 6 heterocycles. The van der Waals surface area contributed by atoms with Gasteiger partial charge in [0, 0.05) is 17.9 Å². The molecule has 6 aliphatic rings. The topological polar surface area (TPSA) is 77.5 Å². The van der Waals surface area contributed by atoms with Gasteiger partial charge in [-0.1, -0.05) is 13.8 Å². The van der Waals surface area contributed by atoms with Gasteiger partial charge in [0.2, 0.25) is 11.5 Å². The highest BCUT2D eigenvalue weighted by Crippen LogP contribution is 2.73. The number of hydrogen-bond donors (Lipinski definition) is 1. The highest BCUT2D eigenvalue weighted by Gasteiger charge is 2.84. The molecule has 5 bridgehead atoms. The largest absolute Gasteiger partial charge is 0.492 e. The van der Waals surface area contributed by atoms with Gasteiger partial charge in [0.15, 0.2) is 5.76 Å². The van der Waals surface area contributed by atoms with E-state index in [-0.39, 0.29) is 41.5 Å². The monoisotopic (exact) mass is 403 g/mol. The first-order valence-electron chi connectivity index (χ1n) is 10.9. The molecule has 0 amide bonds. The van der Waals surface area contributed by atoms with Crippen LogP contribution in [0.3, 0.4) is 0 Å². The number of nitrogens with zero attached hydrogens (tertiary/aromatic N) is 1. The SMILES string of the molecule is CCC(O)C[C@]12[C@@H]3CCN1C1C[C@H]2O[C@@]32O/C(=C3\OC(=O)C(C)=C3OC)[C@@H](C)[C@H]12. The molecule has 0 aliphatic carbocycles. The first kappa shape index (κ1) is 18.2. The van der Waals surface area contributed by atoms with E-state index in [1.165, 1.54) is 0 Å². The summed E-state index contributed by atoms with van der Waals surface area (Å²) < 4.78 is 24.5. The average molecular weight is 403 g/mol. The van der Waals surface area contributed by atoms with Crippen LogP contribution in [0.1, 0.15) is 46.5 Å². The molecule has 158 valence electrons. The van der Waals surface area contributed by atoms with E-state index in [1.54, 1.807) is 14.0 Å². The van der Waals surface area contributed by atoms with Gasteiger partial charge in [-0.2, -0.15) is 0 Å². The summed E-state index contributed by atoms with van der Waals surface area (Å²) in [5, 5.41) is 10.6. The van der Waals surface area contributed by atoms with Crippen LogP contribution in [0, 0.1) is 17.8 Å². The molecule has 7 heteroatoms. The van der Waals surface area contributed by atoms with Gasteiger partial charge in [-0.15, -0.1) is 0 Å². The number of piperidine rings is 1. The normalized spacial score (nSPS) is 52.2. The first-order chi connectivity index (χ1) is 13.9. The number of ether oxygens (including phenoxy) is 4. The predicted molar refractivity (Wildman–Crippen MR) is 101 cm³/mol. The average Bonchev–Trinajstić information content (AvgIpc) is 3.40. The number of rotatable bonds is 4. The Bertz CT molecular complexity index is 865. The van der Waals surface area contributed by atoms with Crippen LogP contribution in [-0.2, 0) is 23.7 Å². The van der Waals surface area contributed by atoms with Crippen molar-refractivity contribution in [3.8, 4) is 0 Å². The molecule has 6 rings (SSSR count). The Morgan fingerprint density at radius 2 is 2.21 bits per heavy atom. The third kappa shape index (κ3) is 1.85. The lowest BCUT2D eigenvalue weighted by Gasteiger charge is -2.48. The highest BCUT2D eigenvalue weighted by molar-refractivity contribution is 5.93. The number of aliphatic hydroxyl groups excluding tert-OH is 1. The Kier molecular flexibility index (Phi) is 3.49. The number of allylic oxidation sites excluding steroid dienone is 1. The first-order valence-corrected chi connectivity index (χ1v) is 10.9. The van der Waals surface area contributed by atoms with Crippen LogP contribution in [-0.4, -0.2) is 59.2 Å². The summed E-state index contributed by atoms with van der Waals surface area (Å²) in [6.45, 7) is 6.95. The van der Waals surface area contributed by atoms with E-state index in [9.17, 15) is 9.90 Å². The summed E-state index contributed by atoms with van der Waals surface area (Å²) in [5.74, 6) is 0.990. The van der Waals surface area contributed by atoms with Gasteiger partial charge in [-0.3, -0.25) is 4.90 Å². The molecule has 5 fully saturated rings. The number of cyclic esters (lactones) is 1. The fourth-order valence-electron chi connectivity index (χ4n) is 7.61. The van der Waals surface area contributed by atoms with Gasteiger partial charge in [0.05, 0.1) is 36.3 Å². The van der Waals surface area contributed by atoms with Crippen molar-refractivity contribution in [2.75, 3.05) is 13.7 Å². The summed E-state index contributed by atoms with van der Waals surface area (Å²) in [5.41, 5.74) is 0.346. The fourth-order valence-corrected chi connectivity index (χ4v) is 7.61. The number of esters is 1. The van der Waals surface area contributed by atoms with E-state index in [4.69, 9.17) is 18.9 Å². The number of aliphatic hydroxyl groups is 1. The van der Waals surface area contributed by atoms with Crippen molar-refractivity contribution >= 4 is 5.97 Å². The van der Waals surface area contributed by atoms with Crippen molar-refractivity contribution in [2.45, 2.75) is 76.0 Å². The second-order valence-corrected chi connectivity index (χ2v) is 9.58. The summed E-state index contributed by atoms with van der Waals surface area (Å²) in [4.78, 5) is 14.8. The Morgan fingerprint density at radius 3 is 2.93 bits per heavy atom. The summed E-state index contributed by atoms with van der Waals surface area (Å²) in [6.07, 6.45) is 3.26. The van der Waals surface area contributed by atoms with Crippen molar-refractivity contribution in [3.05, 3.63) is 22.9 Å². The lowest BCUT2D eigenvalue weighted by molar-refractivity contribution is -0.256. The third-order valence-electron chi connectivity index (χ3n) is 8.63. The minimum Gasteiger partial charge on any atom is -0.492 e. The molecule has 7 nitrogen and oxygen atoms in total. The Balaban J connectivity index is 1.46. The van der Waals surface area contributed by atoms with E-state index in [0.717, 1.165) is 32.2 Å². The predicted octanol–water partition coefficient (Wildman–Crippen LogP) is 2.06. The molecule has 0 saturated carbocycles. The van der Waals surface area contributed by atoms with Gasteiger partial charge in [-0.25, -0.2) is 4.79 Å². The van der Waals surface area contributed by atoms with Crippen LogP contribution in [0.2, 0.25) is 0 Å². The van der Waals surface area contributed by atoms with E-state index in [1.807, 2.05) is 6.92 Å². The van der Waals surface area contributed by atoms with Crippen LogP contribution >= 0.6 is 0 Å². The van der Waals surface area contributed by atoms with Crippen LogP contribution in [0.5, 0.6) is 0 Å². The van der Waals surface area contributed by atoms with Crippen molar-refractivity contribution in [1.29, 1.82) is 0 Å². The van der Waals surface area contributed by atoms with Crippen molar-refractivity contribution in [3.63, 3.8) is 0 Å². The second kappa shape index (κ2) is 5.56. The number of carbonyl (C=O) groups excluding carboxylic acids is 1. The molecule has 5 saturated heterocycles. The molecule has 0 aromatic carbocycles. The molecular formula is C22H29NO6. The second-order valence-electron chi connectivity index (χ2n) is 9.58. The van der Waals surface area contributed by atoms with Gasteiger partial charge < -0.3 is 24.1 Å². The zero-order chi connectivity index (χ0) is 20.3. The third-order valence-corrected chi connectivity index (χ3v) is 8.63. The maximum atomic E-state index is 12.2. The quantitative estimate of drug-likeness (QED) is 0.720. The van der Waals surface area contributed by atoms with Gasteiger partial charge >= 0.3 is 5.97 Å². The molecule has 0 aromatic heterocycles. The summed E-state index contributed by atoms with van der Waals surface area (Å²) in [6, 6.07) is 0.373. The van der Waals surface area contributed by atoms with Crippen LogP contribution in [0.15, 0.2) is 22.9 Å². The fraction of sp³-hybridized carbons (Fsp3) is 0.773. The maximum Gasteiger partial charge on any atom is 0.343 e. The number of carbonyl (C=O) groups is 1. The zero-order valence-electron chi connectivity index (χ0n) is 17.4. The summed E-state index contributed by atoms with van der Waals surface area (Å²) >= 11 is 0. The lowest BCUT2D eigenvalue weighted by Crippen LogP contribution is -2.61. The van der Waals surface area contributed by atoms with Crippen molar-refractivity contribution in [2.24, 2.45) is 17.8 Å². The minimum atomic E-state index is -0.683. The molecule has 0 radical (unpaired) electrons. The van der Waals surface area contributed by atoms with E-state index >= 15 is 0 Å². The van der Waals surface area contributed by atoms with Crippen molar-refractivity contribution < 1.29 is 28.8 Å². The number of methoxy groups -OCH3 is 1. The molecule has 29 heavy (non-hydrogen) atoms. The Labute approximate surface area is 170 Å². The smallest absolute Gasteiger partial charge is 0.343 e. The molecule has 3 unspecified atom stereocenters. The minimum absolute atomic E-state index is 0.0649. The maximum absolute atomic E-state index is 12.2. The van der Waals surface area contributed by atoms with Gasteiger partial charge in [0.1, 0.15) is 5.76 Å². The van der Waals surface area contributed by atoms with Crippen LogP contribution in [0.25, 0.3) is 0 Å². The molecule has 0 aromatic rings. The lowest BCUT2D eigenvalue weighted by atomic mass is 9.69. The van der Waals surface area contributed by atoms with Crippen LogP contribution < -0.4 is 0 Å². The Morgan fingerprint density at radius 1 is 1.41 bits per heavy atom. The standard InChI is InChI=1S/C22H29NO6/c1-5-12(24)9-21-14-6-7-23(21)13-8-15(21)28-22(14)16(13)10(2)18(29-22)19-17(26-4)11(3)20(25)27-19/h10,12-16,24H,5-9H2,1-4H3/b19-18-/t10-,12?,13?,14-,15+,16+,21+,22+/m0/s1. The molecule has 6 aliphatic heterocycles. The van der Waals surface area contributed by atoms with Crippen molar-refractivity contribution in [1.82, 2.24) is 4.90 Å². The number of hydrogen-bond acceptors (Lipinski definition) is 7. The van der Waals surface area contributed by atoms with E-state index in [2.05, 4.69) is 11.8 Å². The molecular weight excluding hydrogens is 374 g/mol. The molecule has 1 spiro atoms. The van der Waals surface area contributed by atoms with E-state index < -0.39 is 5.79 Å². The van der Waals surface area contributed by atoms with E-state index in [0.29, 0.717) is 28.9 Å². The van der Waals surface area contributed by atoms with Gasteiger partial charge in [-0.05, 0) is 39.2 Å². The number of fused-ring (bicyclic) bond motifs is 1. The zero-order valence-corrected chi connectivity index (χ0v) is 17.4. The summed E-state index contributed by atoms with van der Waals surface area (Å²) in [7, 11) is 1.56. The Hall–Kier alpha value is -1.57. The van der Waals surface area contributed by atoms with Gasteiger partial charge in [0.25, 0.3) is 0 Å². The molecule has 9 atom stereocenters. The molecule has 1 N–H and O–H groups in total. The highest BCUT2D eigenvalue weighted by atomic mass is 16.7.